The molecule has 5 nitrogen and oxygen atoms in total. The fourth-order valence-electron chi connectivity index (χ4n) is 3.50. The van der Waals surface area contributed by atoms with Crippen molar-refractivity contribution in [3.63, 3.8) is 0 Å². The van der Waals surface area contributed by atoms with E-state index in [1.54, 1.807) is 19.2 Å². The summed E-state index contributed by atoms with van der Waals surface area (Å²) >= 11 is 0. The number of piperidine rings is 1. The fourth-order valence-corrected chi connectivity index (χ4v) is 3.50. The van der Waals surface area contributed by atoms with Crippen LogP contribution in [0.2, 0.25) is 6.82 Å². The van der Waals surface area contributed by atoms with Gasteiger partial charge in [0.25, 0.3) is 0 Å². The molecule has 0 radical (unpaired) electrons. The zero-order valence-corrected chi connectivity index (χ0v) is 14.0. The molecule has 0 amide bonds. The van der Waals surface area contributed by atoms with Crippen LogP contribution in [0.4, 0.5) is 0 Å². The van der Waals surface area contributed by atoms with Crippen LogP contribution in [0.3, 0.4) is 0 Å². The first-order valence-corrected chi connectivity index (χ1v) is 8.57. The Bertz CT molecular complexity index is 592. The standard InChI is InChI=1S/C18H24BN3O2/c1-19(24)22-12-8-15(9-13-22)14-18(23,16-6-2-4-10-20-16)17-7-3-5-11-21-17/h2-7,10-11,15,23-24H,8-9,12-14H2,1H3. The zero-order chi connectivity index (χ0) is 17.0. The number of aromatic nitrogens is 2. The van der Waals surface area contributed by atoms with Gasteiger partial charge in [-0.3, -0.25) is 9.97 Å². The summed E-state index contributed by atoms with van der Waals surface area (Å²) in [5, 5.41) is 21.2. The number of pyridine rings is 2. The van der Waals surface area contributed by atoms with Crippen LogP contribution < -0.4 is 0 Å². The Morgan fingerprint density at radius 3 is 2.04 bits per heavy atom. The summed E-state index contributed by atoms with van der Waals surface area (Å²) in [6.07, 6.45) is 5.91. The summed E-state index contributed by atoms with van der Waals surface area (Å²) in [4.78, 5) is 10.9. The van der Waals surface area contributed by atoms with Gasteiger partial charge in [0.1, 0.15) is 5.60 Å². The maximum absolute atomic E-state index is 11.5. The molecule has 1 saturated heterocycles. The molecule has 2 N–H and O–H groups in total. The lowest BCUT2D eigenvalue weighted by Crippen LogP contribution is -2.44. The van der Waals surface area contributed by atoms with Gasteiger partial charge in [0.05, 0.1) is 11.4 Å². The Morgan fingerprint density at radius 2 is 1.62 bits per heavy atom. The van der Waals surface area contributed by atoms with Gasteiger partial charge in [0.2, 0.25) is 0 Å². The molecule has 126 valence electrons. The molecule has 3 rings (SSSR count). The van der Waals surface area contributed by atoms with E-state index in [1.807, 2.05) is 36.4 Å². The number of nitrogens with zero attached hydrogens (tertiary/aromatic N) is 3. The second kappa shape index (κ2) is 7.42. The number of hydrogen-bond donors (Lipinski definition) is 2. The maximum atomic E-state index is 11.5. The van der Waals surface area contributed by atoms with E-state index in [2.05, 4.69) is 14.8 Å². The van der Waals surface area contributed by atoms with Crippen LogP contribution >= 0.6 is 0 Å². The van der Waals surface area contributed by atoms with Gasteiger partial charge < -0.3 is 14.9 Å². The van der Waals surface area contributed by atoms with Crippen LogP contribution in [0.1, 0.15) is 30.7 Å². The lowest BCUT2D eigenvalue weighted by Gasteiger charge is -2.37. The van der Waals surface area contributed by atoms with Gasteiger partial charge in [-0.15, -0.1) is 0 Å². The second-order valence-corrected chi connectivity index (χ2v) is 6.61. The predicted molar refractivity (Wildman–Crippen MR) is 94.2 cm³/mol. The largest absolute Gasteiger partial charge is 0.437 e. The minimum atomic E-state index is -1.18. The summed E-state index contributed by atoms with van der Waals surface area (Å²) in [5.74, 6) is 0.369. The van der Waals surface area contributed by atoms with Crippen LogP contribution in [0.15, 0.2) is 48.8 Å². The third-order valence-corrected chi connectivity index (χ3v) is 4.94. The van der Waals surface area contributed by atoms with E-state index in [0.29, 0.717) is 23.7 Å². The van der Waals surface area contributed by atoms with Gasteiger partial charge in [-0.2, -0.15) is 0 Å². The van der Waals surface area contributed by atoms with Gasteiger partial charge >= 0.3 is 7.05 Å². The topological polar surface area (TPSA) is 69.5 Å². The molecule has 0 spiro atoms. The van der Waals surface area contributed by atoms with E-state index in [4.69, 9.17) is 0 Å². The first-order chi connectivity index (χ1) is 11.6. The van der Waals surface area contributed by atoms with Crippen molar-refractivity contribution in [3.05, 3.63) is 60.2 Å². The van der Waals surface area contributed by atoms with Crippen molar-refractivity contribution in [1.29, 1.82) is 0 Å². The first kappa shape index (κ1) is 17.1. The van der Waals surface area contributed by atoms with Crippen LogP contribution in [-0.2, 0) is 5.60 Å². The summed E-state index contributed by atoms with van der Waals surface area (Å²) in [5.41, 5.74) is 0.100. The third-order valence-electron chi connectivity index (χ3n) is 4.94. The summed E-state index contributed by atoms with van der Waals surface area (Å²) in [6, 6.07) is 11.2. The molecule has 2 aromatic rings. The van der Waals surface area contributed by atoms with E-state index < -0.39 is 12.7 Å². The third kappa shape index (κ3) is 3.66. The van der Waals surface area contributed by atoms with Gasteiger partial charge in [-0.1, -0.05) is 12.1 Å². The molecule has 1 fully saturated rings. The normalized spacial score (nSPS) is 17.0. The highest BCUT2D eigenvalue weighted by molar-refractivity contribution is 6.45. The van der Waals surface area contributed by atoms with Crippen LogP contribution in [0, 0.1) is 5.92 Å². The highest BCUT2D eigenvalue weighted by atomic mass is 16.3. The molecular formula is C18H24BN3O2. The molecule has 1 aliphatic heterocycles. The molecule has 2 aromatic heterocycles. The molecule has 0 atom stereocenters. The molecule has 0 bridgehead atoms. The van der Waals surface area contributed by atoms with Crippen LogP contribution in [0.5, 0.6) is 0 Å². The Morgan fingerprint density at radius 1 is 1.08 bits per heavy atom. The Hall–Kier alpha value is -1.76. The van der Waals surface area contributed by atoms with E-state index in [9.17, 15) is 10.1 Å². The maximum Gasteiger partial charge on any atom is 0.376 e. The summed E-state index contributed by atoms with van der Waals surface area (Å²) in [6.45, 7) is 3.50. The van der Waals surface area contributed by atoms with Crippen LogP contribution in [0.25, 0.3) is 0 Å². The van der Waals surface area contributed by atoms with Gasteiger partial charge in [-0.05, 0) is 69.4 Å². The molecule has 0 aliphatic carbocycles. The first-order valence-electron chi connectivity index (χ1n) is 8.57. The number of rotatable bonds is 5. The van der Waals surface area contributed by atoms with E-state index >= 15 is 0 Å². The molecule has 0 unspecified atom stereocenters. The minimum Gasteiger partial charge on any atom is -0.437 e. The average molecular weight is 325 g/mol. The van der Waals surface area contributed by atoms with Crippen molar-refractivity contribution in [3.8, 4) is 0 Å². The molecule has 0 saturated carbocycles. The summed E-state index contributed by atoms with van der Waals surface area (Å²) < 4.78 is 0. The van der Waals surface area contributed by atoms with Gasteiger partial charge in [0.15, 0.2) is 0 Å². The Kier molecular flexibility index (Phi) is 5.28. The summed E-state index contributed by atoms with van der Waals surface area (Å²) in [7, 11) is -0.406. The van der Waals surface area contributed by atoms with Gasteiger partial charge in [-0.25, -0.2) is 0 Å². The highest BCUT2D eigenvalue weighted by Crippen LogP contribution is 2.36. The second-order valence-electron chi connectivity index (χ2n) is 6.61. The molecule has 1 aliphatic rings. The predicted octanol–water partition coefficient (Wildman–Crippen LogP) is 1.92. The monoisotopic (exact) mass is 325 g/mol. The van der Waals surface area contributed by atoms with Crippen molar-refractivity contribution in [2.45, 2.75) is 31.7 Å². The van der Waals surface area contributed by atoms with Crippen LogP contribution in [-0.4, -0.2) is 45.0 Å². The minimum absolute atomic E-state index is 0.369. The SMILES string of the molecule is CB(O)N1CCC(CC(O)(c2ccccn2)c2ccccn2)CC1. The van der Waals surface area contributed by atoms with E-state index in [0.717, 1.165) is 25.9 Å². The van der Waals surface area contributed by atoms with Gasteiger partial charge in [0, 0.05) is 12.4 Å². The smallest absolute Gasteiger partial charge is 0.376 e. The van der Waals surface area contributed by atoms with Crippen molar-refractivity contribution >= 4 is 7.05 Å². The zero-order valence-electron chi connectivity index (χ0n) is 14.0. The number of hydrogen-bond acceptors (Lipinski definition) is 5. The molecule has 6 heteroatoms. The molecular weight excluding hydrogens is 301 g/mol. The Balaban J connectivity index is 1.82. The quantitative estimate of drug-likeness (QED) is 0.822. The van der Waals surface area contributed by atoms with E-state index in [-0.39, 0.29) is 0 Å². The lowest BCUT2D eigenvalue weighted by atomic mass is 9.76. The van der Waals surface area contributed by atoms with Crippen molar-refractivity contribution in [2.24, 2.45) is 5.92 Å². The lowest BCUT2D eigenvalue weighted by molar-refractivity contribution is 0.0340. The fraction of sp³-hybridized carbons (Fsp3) is 0.444. The van der Waals surface area contributed by atoms with Crippen molar-refractivity contribution in [2.75, 3.05) is 13.1 Å². The molecule has 3 heterocycles. The average Bonchev–Trinajstić information content (AvgIpc) is 2.63. The molecule has 0 aromatic carbocycles. The van der Waals surface area contributed by atoms with Crippen molar-refractivity contribution in [1.82, 2.24) is 14.8 Å². The molecule has 24 heavy (non-hydrogen) atoms. The van der Waals surface area contributed by atoms with Crippen molar-refractivity contribution < 1.29 is 10.1 Å². The number of aliphatic hydroxyl groups is 1. The van der Waals surface area contributed by atoms with E-state index in [1.165, 1.54) is 0 Å². The highest BCUT2D eigenvalue weighted by Gasteiger charge is 2.38. The Labute approximate surface area is 143 Å².